The summed E-state index contributed by atoms with van der Waals surface area (Å²) < 4.78 is 10.3. The third kappa shape index (κ3) is 4.11. The fourth-order valence-corrected chi connectivity index (χ4v) is 1.96. The van der Waals surface area contributed by atoms with Gasteiger partial charge in [-0.3, -0.25) is 4.79 Å². The van der Waals surface area contributed by atoms with E-state index in [9.17, 15) is 10.1 Å². The van der Waals surface area contributed by atoms with Gasteiger partial charge in [-0.15, -0.1) is 0 Å². The Labute approximate surface area is 134 Å². The van der Waals surface area contributed by atoms with Gasteiger partial charge in [0.1, 0.15) is 23.1 Å². The van der Waals surface area contributed by atoms with Crippen molar-refractivity contribution in [2.45, 2.75) is 0 Å². The Bertz CT molecular complexity index is 759. The van der Waals surface area contributed by atoms with E-state index in [2.05, 4.69) is 5.32 Å². The standard InChI is InChI=1S/C18H16N2O3/c1-22-16-9-7-15(8-10-16)20-18(21)14(12-19)11-13-5-3-4-6-17(13)23-2/h3-11H,1-2H3,(H,20,21). The number of ether oxygens (including phenoxy) is 2. The number of rotatable bonds is 5. The first kappa shape index (κ1) is 16.1. The van der Waals surface area contributed by atoms with Crippen molar-refractivity contribution in [3.63, 3.8) is 0 Å². The summed E-state index contributed by atoms with van der Waals surface area (Å²) >= 11 is 0. The third-order valence-electron chi connectivity index (χ3n) is 3.15. The summed E-state index contributed by atoms with van der Waals surface area (Å²) in [6.45, 7) is 0. The minimum Gasteiger partial charge on any atom is -0.497 e. The Morgan fingerprint density at radius 3 is 2.39 bits per heavy atom. The van der Waals surface area contributed by atoms with Gasteiger partial charge in [0, 0.05) is 11.3 Å². The van der Waals surface area contributed by atoms with Crippen LogP contribution in [0.4, 0.5) is 5.69 Å². The molecule has 0 aromatic heterocycles. The molecule has 2 aromatic carbocycles. The second-order valence-corrected chi connectivity index (χ2v) is 4.59. The SMILES string of the molecule is COc1ccc(NC(=O)C(C#N)=Cc2ccccc2OC)cc1. The van der Waals surface area contributed by atoms with Gasteiger partial charge in [0.15, 0.2) is 0 Å². The summed E-state index contributed by atoms with van der Waals surface area (Å²) in [5, 5.41) is 11.9. The highest BCUT2D eigenvalue weighted by molar-refractivity contribution is 6.09. The topological polar surface area (TPSA) is 71.3 Å². The number of benzene rings is 2. The van der Waals surface area contributed by atoms with Crippen LogP contribution in [0.15, 0.2) is 54.1 Å². The van der Waals surface area contributed by atoms with Gasteiger partial charge < -0.3 is 14.8 Å². The molecule has 116 valence electrons. The maximum Gasteiger partial charge on any atom is 0.266 e. The molecule has 0 unspecified atom stereocenters. The molecule has 2 aromatic rings. The van der Waals surface area contributed by atoms with Crippen LogP contribution in [0.2, 0.25) is 0 Å². The predicted octanol–water partition coefficient (Wildman–Crippen LogP) is 3.25. The molecule has 0 aliphatic heterocycles. The molecule has 2 rings (SSSR count). The van der Waals surface area contributed by atoms with E-state index in [-0.39, 0.29) is 5.57 Å². The van der Waals surface area contributed by atoms with E-state index in [0.717, 1.165) is 0 Å². The van der Waals surface area contributed by atoms with Crippen LogP contribution in [0.3, 0.4) is 0 Å². The minimum absolute atomic E-state index is 0.00896. The van der Waals surface area contributed by atoms with Crippen molar-refractivity contribution < 1.29 is 14.3 Å². The van der Waals surface area contributed by atoms with Crippen LogP contribution in [0.5, 0.6) is 11.5 Å². The molecule has 0 saturated heterocycles. The maximum atomic E-state index is 12.2. The summed E-state index contributed by atoms with van der Waals surface area (Å²) in [7, 11) is 3.10. The van der Waals surface area contributed by atoms with Gasteiger partial charge in [-0.05, 0) is 36.4 Å². The molecule has 0 aliphatic rings. The van der Waals surface area contributed by atoms with Gasteiger partial charge >= 0.3 is 0 Å². The summed E-state index contributed by atoms with van der Waals surface area (Å²) in [5.41, 5.74) is 1.23. The lowest BCUT2D eigenvalue weighted by molar-refractivity contribution is -0.112. The fourth-order valence-electron chi connectivity index (χ4n) is 1.96. The largest absolute Gasteiger partial charge is 0.497 e. The molecule has 1 amide bonds. The van der Waals surface area contributed by atoms with Crippen LogP contribution in [-0.2, 0) is 4.79 Å². The molecule has 0 bridgehead atoms. The summed E-state index contributed by atoms with van der Waals surface area (Å²) in [4.78, 5) is 12.2. The highest BCUT2D eigenvalue weighted by atomic mass is 16.5. The van der Waals surface area contributed by atoms with E-state index in [4.69, 9.17) is 9.47 Å². The number of carbonyl (C=O) groups excluding carboxylic acids is 1. The summed E-state index contributed by atoms with van der Waals surface area (Å²) in [5.74, 6) is 0.800. The Morgan fingerprint density at radius 1 is 1.09 bits per heavy atom. The lowest BCUT2D eigenvalue weighted by Gasteiger charge is -2.07. The first-order chi connectivity index (χ1) is 11.2. The number of amides is 1. The van der Waals surface area contributed by atoms with Crippen molar-refractivity contribution in [3.05, 3.63) is 59.7 Å². The average Bonchev–Trinajstić information content (AvgIpc) is 2.60. The van der Waals surface area contributed by atoms with Crippen molar-refractivity contribution in [2.75, 3.05) is 19.5 Å². The first-order valence-electron chi connectivity index (χ1n) is 6.88. The van der Waals surface area contributed by atoms with E-state index in [1.54, 1.807) is 43.5 Å². The molecule has 0 aliphatic carbocycles. The molecule has 0 saturated carbocycles. The quantitative estimate of drug-likeness (QED) is 0.680. The van der Waals surface area contributed by atoms with Gasteiger partial charge in [-0.2, -0.15) is 5.26 Å². The number of para-hydroxylation sites is 1. The minimum atomic E-state index is -0.483. The number of nitrogens with one attached hydrogen (secondary N) is 1. The molecule has 0 spiro atoms. The van der Waals surface area contributed by atoms with Crippen LogP contribution in [0, 0.1) is 11.3 Å². The van der Waals surface area contributed by atoms with Crippen molar-refractivity contribution in [3.8, 4) is 17.6 Å². The Morgan fingerprint density at radius 2 is 1.78 bits per heavy atom. The fraction of sp³-hybridized carbons (Fsp3) is 0.111. The Balaban J connectivity index is 2.21. The number of methoxy groups -OCH3 is 2. The zero-order chi connectivity index (χ0) is 16.7. The number of carbonyl (C=O) groups is 1. The molecule has 1 N–H and O–H groups in total. The van der Waals surface area contributed by atoms with Gasteiger partial charge in [0.05, 0.1) is 14.2 Å². The second kappa shape index (κ2) is 7.66. The Hall–Kier alpha value is -3.26. The highest BCUT2D eigenvalue weighted by Crippen LogP contribution is 2.21. The van der Waals surface area contributed by atoms with E-state index < -0.39 is 5.91 Å². The molecule has 0 atom stereocenters. The number of hydrogen-bond donors (Lipinski definition) is 1. The van der Waals surface area contributed by atoms with Gasteiger partial charge in [-0.25, -0.2) is 0 Å². The van der Waals surface area contributed by atoms with Gasteiger partial charge in [0.2, 0.25) is 0 Å². The van der Waals surface area contributed by atoms with E-state index in [1.165, 1.54) is 13.2 Å². The van der Waals surface area contributed by atoms with Crippen LogP contribution in [0.25, 0.3) is 6.08 Å². The smallest absolute Gasteiger partial charge is 0.266 e. The van der Waals surface area contributed by atoms with Crippen molar-refractivity contribution in [2.24, 2.45) is 0 Å². The monoisotopic (exact) mass is 308 g/mol. The summed E-state index contributed by atoms with van der Waals surface area (Å²) in [6.07, 6.45) is 1.50. The number of anilines is 1. The average molecular weight is 308 g/mol. The molecular formula is C18H16N2O3. The van der Waals surface area contributed by atoms with Crippen molar-refractivity contribution >= 4 is 17.7 Å². The number of hydrogen-bond acceptors (Lipinski definition) is 4. The zero-order valence-electron chi connectivity index (χ0n) is 12.9. The normalized spacial score (nSPS) is 10.6. The van der Waals surface area contributed by atoms with Crippen LogP contribution in [-0.4, -0.2) is 20.1 Å². The van der Waals surface area contributed by atoms with Crippen LogP contribution >= 0.6 is 0 Å². The molecular weight excluding hydrogens is 292 g/mol. The highest BCUT2D eigenvalue weighted by Gasteiger charge is 2.11. The lowest BCUT2D eigenvalue weighted by atomic mass is 10.1. The molecule has 5 nitrogen and oxygen atoms in total. The summed E-state index contributed by atoms with van der Waals surface area (Å²) in [6, 6.07) is 15.9. The molecule has 0 heterocycles. The number of nitrogens with zero attached hydrogens (tertiary/aromatic N) is 1. The zero-order valence-corrected chi connectivity index (χ0v) is 12.9. The third-order valence-corrected chi connectivity index (χ3v) is 3.15. The van der Waals surface area contributed by atoms with Crippen LogP contribution < -0.4 is 14.8 Å². The Kier molecular flexibility index (Phi) is 5.37. The van der Waals surface area contributed by atoms with Crippen molar-refractivity contribution in [1.82, 2.24) is 0 Å². The van der Waals surface area contributed by atoms with Gasteiger partial charge in [-0.1, -0.05) is 18.2 Å². The first-order valence-corrected chi connectivity index (χ1v) is 6.88. The molecule has 23 heavy (non-hydrogen) atoms. The maximum absolute atomic E-state index is 12.2. The molecule has 0 radical (unpaired) electrons. The van der Waals surface area contributed by atoms with E-state index >= 15 is 0 Å². The van der Waals surface area contributed by atoms with Crippen molar-refractivity contribution in [1.29, 1.82) is 5.26 Å². The van der Waals surface area contributed by atoms with E-state index in [0.29, 0.717) is 22.7 Å². The van der Waals surface area contributed by atoms with E-state index in [1.807, 2.05) is 18.2 Å². The molecule has 0 fully saturated rings. The van der Waals surface area contributed by atoms with Crippen LogP contribution in [0.1, 0.15) is 5.56 Å². The van der Waals surface area contributed by atoms with Gasteiger partial charge in [0.25, 0.3) is 5.91 Å². The molecule has 5 heteroatoms. The predicted molar refractivity (Wildman–Crippen MR) is 88.2 cm³/mol. The number of nitriles is 1. The second-order valence-electron chi connectivity index (χ2n) is 4.59. The lowest BCUT2D eigenvalue weighted by Crippen LogP contribution is -2.13.